The Balaban J connectivity index is 2.18. The molecular weight excluding hydrogens is 284 g/mol. The van der Waals surface area contributed by atoms with Gasteiger partial charge in [0.15, 0.2) is 11.6 Å². The van der Waals surface area contributed by atoms with Crippen molar-refractivity contribution in [2.45, 2.75) is 13.5 Å². The minimum Gasteiger partial charge on any atom is -0.492 e. The molecule has 0 radical (unpaired) electrons. The van der Waals surface area contributed by atoms with Crippen molar-refractivity contribution in [2.24, 2.45) is 0 Å². The molecular formula is C15H14ClF2NO. The third-order valence-electron chi connectivity index (χ3n) is 2.74. The van der Waals surface area contributed by atoms with Crippen LogP contribution >= 0.6 is 11.6 Å². The van der Waals surface area contributed by atoms with Crippen LogP contribution in [-0.2, 0) is 6.54 Å². The Kier molecular flexibility index (Phi) is 4.79. The second kappa shape index (κ2) is 6.57. The van der Waals surface area contributed by atoms with E-state index in [0.717, 1.165) is 6.07 Å². The summed E-state index contributed by atoms with van der Waals surface area (Å²) >= 11 is 5.93. The molecule has 0 amide bonds. The van der Waals surface area contributed by atoms with Crippen molar-refractivity contribution in [2.75, 3.05) is 11.9 Å². The molecule has 2 nitrogen and oxygen atoms in total. The zero-order valence-corrected chi connectivity index (χ0v) is 11.7. The van der Waals surface area contributed by atoms with Crippen LogP contribution in [0.1, 0.15) is 12.5 Å². The van der Waals surface area contributed by atoms with Gasteiger partial charge in [-0.05, 0) is 31.2 Å². The summed E-state index contributed by atoms with van der Waals surface area (Å²) in [6.07, 6.45) is 0. The minimum absolute atomic E-state index is 0.143. The van der Waals surface area contributed by atoms with E-state index in [4.69, 9.17) is 16.3 Å². The molecule has 2 rings (SSSR count). The average molecular weight is 298 g/mol. The highest BCUT2D eigenvalue weighted by molar-refractivity contribution is 6.30. The number of ether oxygens (including phenoxy) is 1. The third-order valence-corrected chi connectivity index (χ3v) is 2.98. The van der Waals surface area contributed by atoms with Gasteiger partial charge in [0.25, 0.3) is 0 Å². The number of hydrogen-bond acceptors (Lipinski definition) is 2. The predicted molar refractivity (Wildman–Crippen MR) is 76.3 cm³/mol. The van der Waals surface area contributed by atoms with Crippen molar-refractivity contribution in [1.82, 2.24) is 0 Å². The van der Waals surface area contributed by atoms with E-state index in [0.29, 0.717) is 23.1 Å². The lowest BCUT2D eigenvalue weighted by atomic mass is 10.2. The van der Waals surface area contributed by atoms with Gasteiger partial charge in [0, 0.05) is 17.1 Å². The van der Waals surface area contributed by atoms with Gasteiger partial charge in [-0.15, -0.1) is 0 Å². The molecule has 1 N–H and O–H groups in total. The summed E-state index contributed by atoms with van der Waals surface area (Å²) in [5, 5.41) is 3.54. The van der Waals surface area contributed by atoms with Gasteiger partial charge in [0.2, 0.25) is 0 Å². The normalized spacial score (nSPS) is 10.4. The Morgan fingerprint density at radius 1 is 1.20 bits per heavy atom. The number of halogens is 3. The van der Waals surface area contributed by atoms with E-state index in [1.54, 1.807) is 18.2 Å². The molecule has 2 aromatic carbocycles. The van der Waals surface area contributed by atoms with Gasteiger partial charge in [0.05, 0.1) is 12.3 Å². The van der Waals surface area contributed by atoms with E-state index in [1.165, 1.54) is 12.1 Å². The van der Waals surface area contributed by atoms with Gasteiger partial charge in [-0.2, -0.15) is 0 Å². The van der Waals surface area contributed by atoms with Crippen LogP contribution in [0, 0.1) is 11.6 Å². The first-order valence-corrected chi connectivity index (χ1v) is 6.58. The van der Waals surface area contributed by atoms with Crippen molar-refractivity contribution in [3.63, 3.8) is 0 Å². The number of rotatable bonds is 5. The van der Waals surface area contributed by atoms with E-state index in [9.17, 15) is 8.78 Å². The molecule has 0 aliphatic carbocycles. The first-order chi connectivity index (χ1) is 9.61. The summed E-state index contributed by atoms with van der Waals surface area (Å²) < 4.78 is 32.1. The maximum absolute atomic E-state index is 13.6. The molecule has 0 unspecified atom stereocenters. The summed E-state index contributed by atoms with van der Waals surface area (Å²) in [7, 11) is 0. The molecule has 0 atom stereocenters. The van der Waals surface area contributed by atoms with Gasteiger partial charge < -0.3 is 10.1 Å². The van der Waals surface area contributed by atoms with E-state index in [2.05, 4.69) is 5.32 Å². The van der Waals surface area contributed by atoms with Crippen molar-refractivity contribution in [3.05, 3.63) is 58.6 Å². The minimum atomic E-state index is -0.861. The number of nitrogens with one attached hydrogen (secondary N) is 1. The second-order valence-corrected chi connectivity index (χ2v) is 4.58. The van der Waals surface area contributed by atoms with Crippen molar-refractivity contribution in [1.29, 1.82) is 0 Å². The second-order valence-electron chi connectivity index (χ2n) is 4.14. The topological polar surface area (TPSA) is 21.3 Å². The van der Waals surface area contributed by atoms with Crippen LogP contribution in [0.4, 0.5) is 14.5 Å². The molecule has 0 fully saturated rings. The Hall–Kier alpha value is -1.81. The van der Waals surface area contributed by atoms with E-state index in [1.807, 2.05) is 6.92 Å². The molecule has 0 spiro atoms. The van der Waals surface area contributed by atoms with Crippen molar-refractivity contribution in [3.8, 4) is 5.75 Å². The van der Waals surface area contributed by atoms with Gasteiger partial charge in [-0.3, -0.25) is 0 Å². The van der Waals surface area contributed by atoms with Crippen LogP contribution < -0.4 is 10.1 Å². The van der Waals surface area contributed by atoms with Crippen LogP contribution in [0.15, 0.2) is 36.4 Å². The molecule has 0 heterocycles. The zero-order valence-electron chi connectivity index (χ0n) is 10.9. The molecule has 2 aromatic rings. The Labute approximate surface area is 121 Å². The van der Waals surface area contributed by atoms with Crippen LogP contribution in [0.2, 0.25) is 5.02 Å². The van der Waals surface area contributed by atoms with Crippen LogP contribution in [-0.4, -0.2) is 6.61 Å². The Morgan fingerprint density at radius 2 is 2.00 bits per heavy atom. The van der Waals surface area contributed by atoms with Crippen molar-refractivity contribution < 1.29 is 13.5 Å². The largest absolute Gasteiger partial charge is 0.492 e. The molecule has 106 valence electrons. The van der Waals surface area contributed by atoms with Gasteiger partial charge in [0.1, 0.15) is 5.75 Å². The quantitative estimate of drug-likeness (QED) is 0.869. The van der Waals surface area contributed by atoms with Gasteiger partial charge >= 0.3 is 0 Å². The van der Waals surface area contributed by atoms with Crippen molar-refractivity contribution >= 4 is 17.3 Å². The number of hydrogen-bond donors (Lipinski definition) is 1. The van der Waals surface area contributed by atoms with Gasteiger partial charge in [-0.1, -0.05) is 23.7 Å². The first kappa shape index (κ1) is 14.6. The molecule has 0 saturated carbocycles. The molecule has 0 aliphatic heterocycles. The molecule has 0 saturated heterocycles. The fraction of sp³-hybridized carbons (Fsp3) is 0.200. The summed E-state index contributed by atoms with van der Waals surface area (Å²) in [5.41, 5.74) is 0.885. The van der Waals surface area contributed by atoms with E-state index >= 15 is 0 Å². The summed E-state index contributed by atoms with van der Waals surface area (Å²) in [6.45, 7) is 2.51. The van der Waals surface area contributed by atoms with Crippen LogP contribution in [0.25, 0.3) is 0 Å². The summed E-state index contributed by atoms with van der Waals surface area (Å²) in [4.78, 5) is 0. The predicted octanol–water partition coefficient (Wildman–Crippen LogP) is 4.63. The molecule has 5 heteroatoms. The lowest BCUT2D eigenvalue weighted by molar-refractivity contribution is 0.341. The van der Waals surface area contributed by atoms with E-state index in [-0.39, 0.29) is 12.1 Å². The molecule has 0 bridgehead atoms. The Morgan fingerprint density at radius 3 is 2.75 bits per heavy atom. The number of anilines is 1. The highest BCUT2D eigenvalue weighted by Gasteiger charge is 2.09. The maximum Gasteiger partial charge on any atom is 0.163 e. The Bertz CT molecular complexity index is 604. The standard InChI is InChI=1S/C15H14ClF2NO/c1-2-20-14-7-6-11(16)8-13(14)19-9-10-4-3-5-12(17)15(10)18/h3-8,19H,2,9H2,1H3. The van der Waals surface area contributed by atoms with Gasteiger partial charge in [-0.25, -0.2) is 8.78 Å². The fourth-order valence-corrected chi connectivity index (χ4v) is 1.97. The van der Waals surface area contributed by atoms with Crippen LogP contribution in [0.3, 0.4) is 0 Å². The zero-order chi connectivity index (χ0) is 14.5. The first-order valence-electron chi connectivity index (χ1n) is 6.21. The molecule has 0 aromatic heterocycles. The van der Waals surface area contributed by atoms with E-state index < -0.39 is 11.6 Å². The number of benzene rings is 2. The molecule has 0 aliphatic rings. The monoisotopic (exact) mass is 297 g/mol. The lowest BCUT2D eigenvalue weighted by Gasteiger charge is -2.13. The maximum atomic E-state index is 13.6. The smallest absolute Gasteiger partial charge is 0.163 e. The lowest BCUT2D eigenvalue weighted by Crippen LogP contribution is -2.05. The van der Waals surface area contributed by atoms with Crippen LogP contribution in [0.5, 0.6) is 5.75 Å². The summed E-state index contributed by atoms with van der Waals surface area (Å²) in [5.74, 6) is -1.09. The SMILES string of the molecule is CCOc1ccc(Cl)cc1NCc1cccc(F)c1F. The highest BCUT2D eigenvalue weighted by atomic mass is 35.5. The third kappa shape index (κ3) is 3.39. The summed E-state index contributed by atoms with van der Waals surface area (Å²) in [6, 6.07) is 9.21. The molecule has 20 heavy (non-hydrogen) atoms. The average Bonchev–Trinajstić information content (AvgIpc) is 2.43. The highest BCUT2D eigenvalue weighted by Crippen LogP contribution is 2.28. The fourth-order valence-electron chi connectivity index (χ4n) is 1.80.